The Balaban J connectivity index is 1.41. The van der Waals surface area contributed by atoms with Gasteiger partial charge in [0.1, 0.15) is 5.00 Å². The van der Waals surface area contributed by atoms with Crippen molar-refractivity contribution in [3.8, 4) is 0 Å². The molecule has 2 aromatic heterocycles. The number of thiophene rings is 1. The molecule has 0 saturated carbocycles. The molecule has 1 aliphatic heterocycles. The zero-order chi connectivity index (χ0) is 21.1. The first-order valence-corrected chi connectivity index (χ1v) is 11.9. The first kappa shape index (κ1) is 21.3. The monoisotopic (exact) mass is 451 g/mol. The first-order valence-electron chi connectivity index (χ1n) is 10.1. The summed E-state index contributed by atoms with van der Waals surface area (Å²) < 4.78 is 12.3. The summed E-state index contributed by atoms with van der Waals surface area (Å²) in [6, 6.07) is 0. The average molecular weight is 452 g/mol. The molecule has 0 aromatic carbocycles. The number of esters is 1. The summed E-state index contributed by atoms with van der Waals surface area (Å²) in [5.74, 6) is 0.114. The number of thioether (sulfide) groups is 1. The van der Waals surface area contributed by atoms with E-state index in [1.807, 2.05) is 0 Å². The van der Waals surface area contributed by atoms with Crippen molar-refractivity contribution in [3.05, 3.63) is 16.0 Å². The Bertz CT molecular complexity index is 922. The Morgan fingerprint density at radius 3 is 3.03 bits per heavy atom. The van der Waals surface area contributed by atoms with Crippen LogP contribution in [0.3, 0.4) is 0 Å². The molecule has 0 bridgehead atoms. The van der Waals surface area contributed by atoms with Crippen LogP contribution < -0.4 is 5.32 Å². The summed E-state index contributed by atoms with van der Waals surface area (Å²) >= 11 is 2.75. The lowest BCUT2D eigenvalue weighted by molar-refractivity contribution is -0.113. The van der Waals surface area contributed by atoms with Gasteiger partial charge < -0.3 is 14.8 Å². The second-order valence-corrected chi connectivity index (χ2v) is 9.71. The number of aromatic nitrogens is 4. The fourth-order valence-electron chi connectivity index (χ4n) is 3.85. The zero-order valence-electron chi connectivity index (χ0n) is 17.0. The summed E-state index contributed by atoms with van der Waals surface area (Å²) in [6.45, 7) is 3.55. The third-order valence-electron chi connectivity index (χ3n) is 5.39. The van der Waals surface area contributed by atoms with Gasteiger partial charge in [0.2, 0.25) is 11.1 Å². The zero-order valence-corrected chi connectivity index (χ0v) is 18.7. The van der Waals surface area contributed by atoms with Gasteiger partial charge in [-0.15, -0.1) is 16.4 Å². The molecule has 2 aromatic rings. The Kier molecular flexibility index (Phi) is 6.69. The number of nitrogens with zero attached hydrogens (tertiary/aromatic N) is 4. The number of tetrazole rings is 1. The van der Waals surface area contributed by atoms with Gasteiger partial charge in [0, 0.05) is 11.5 Å². The van der Waals surface area contributed by atoms with Crippen LogP contribution in [0.5, 0.6) is 0 Å². The molecule has 1 aliphatic carbocycles. The molecule has 0 spiro atoms. The van der Waals surface area contributed by atoms with E-state index in [1.54, 1.807) is 4.68 Å². The molecule has 1 fully saturated rings. The molecule has 0 radical (unpaired) electrons. The number of rotatable bonds is 7. The molecule has 9 nitrogen and oxygen atoms in total. The number of amides is 1. The standard InChI is InChI=1S/C19H25N5O4S2/c1-11-5-6-13-14(8-11)30-17(16(13)18(26)27-2)20-15(25)10-29-19-21-22-23-24(19)9-12-4-3-7-28-12/h11-12H,3-10H2,1-2H3,(H,20,25). The topological polar surface area (TPSA) is 108 Å². The normalized spacial score (nSPS) is 20.7. The van der Waals surface area contributed by atoms with Crippen molar-refractivity contribution < 1.29 is 19.1 Å². The van der Waals surface area contributed by atoms with Crippen molar-refractivity contribution in [1.29, 1.82) is 0 Å². The van der Waals surface area contributed by atoms with Crippen LogP contribution in [-0.2, 0) is 33.7 Å². The second-order valence-electron chi connectivity index (χ2n) is 7.66. The number of ether oxygens (including phenoxy) is 2. The van der Waals surface area contributed by atoms with E-state index in [4.69, 9.17) is 9.47 Å². The molecule has 30 heavy (non-hydrogen) atoms. The van der Waals surface area contributed by atoms with Crippen molar-refractivity contribution in [3.63, 3.8) is 0 Å². The largest absolute Gasteiger partial charge is 0.465 e. The number of anilines is 1. The number of fused-ring (bicyclic) bond motifs is 1. The molecule has 2 aliphatic rings. The predicted molar refractivity (Wildman–Crippen MR) is 113 cm³/mol. The fraction of sp³-hybridized carbons (Fsp3) is 0.632. The number of hydrogen-bond donors (Lipinski definition) is 1. The maximum Gasteiger partial charge on any atom is 0.341 e. The van der Waals surface area contributed by atoms with Crippen LogP contribution in [0, 0.1) is 5.92 Å². The van der Waals surface area contributed by atoms with Crippen molar-refractivity contribution >= 4 is 40.0 Å². The minimum absolute atomic E-state index is 0.115. The highest BCUT2D eigenvalue weighted by atomic mass is 32.2. The lowest BCUT2D eigenvalue weighted by Crippen LogP contribution is -2.19. The highest BCUT2D eigenvalue weighted by molar-refractivity contribution is 7.99. The highest BCUT2D eigenvalue weighted by Crippen LogP contribution is 2.40. The van der Waals surface area contributed by atoms with Crippen molar-refractivity contribution in [2.45, 2.75) is 56.8 Å². The van der Waals surface area contributed by atoms with E-state index in [0.717, 1.165) is 49.2 Å². The molecule has 11 heteroatoms. The van der Waals surface area contributed by atoms with E-state index in [9.17, 15) is 9.59 Å². The van der Waals surface area contributed by atoms with Crippen molar-refractivity contribution in [2.75, 3.05) is 24.8 Å². The molecule has 4 rings (SSSR count). The summed E-state index contributed by atoms with van der Waals surface area (Å²) in [5, 5.41) is 15.8. The smallest absolute Gasteiger partial charge is 0.341 e. The van der Waals surface area contributed by atoms with Crippen molar-refractivity contribution in [2.24, 2.45) is 5.92 Å². The van der Waals surface area contributed by atoms with Gasteiger partial charge in [-0.2, -0.15) is 0 Å². The molecule has 1 amide bonds. The van der Waals surface area contributed by atoms with Gasteiger partial charge in [-0.25, -0.2) is 9.48 Å². The number of carbonyl (C=O) groups is 2. The Hall–Kier alpha value is -1.98. The molecule has 1 saturated heterocycles. The summed E-state index contributed by atoms with van der Waals surface area (Å²) in [7, 11) is 1.37. The number of nitrogens with one attached hydrogen (secondary N) is 1. The molecule has 2 unspecified atom stereocenters. The van der Waals surface area contributed by atoms with Gasteiger partial charge >= 0.3 is 5.97 Å². The van der Waals surface area contributed by atoms with Gasteiger partial charge in [0.25, 0.3) is 0 Å². The van der Waals surface area contributed by atoms with Crippen LogP contribution >= 0.6 is 23.1 Å². The summed E-state index contributed by atoms with van der Waals surface area (Å²) in [6.07, 6.45) is 4.94. The molecule has 1 N–H and O–H groups in total. The fourth-order valence-corrected chi connectivity index (χ4v) is 5.95. The first-order chi connectivity index (χ1) is 14.5. The number of methoxy groups -OCH3 is 1. The van der Waals surface area contributed by atoms with Crippen molar-refractivity contribution in [1.82, 2.24) is 20.2 Å². The van der Waals surface area contributed by atoms with Gasteiger partial charge in [-0.3, -0.25) is 4.79 Å². The van der Waals surface area contributed by atoms with E-state index >= 15 is 0 Å². The van der Waals surface area contributed by atoms with Crippen LogP contribution in [0.4, 0.5) is 5.00 Å². The predicted octanol–water partition coefficient (Wildman–Crippen LogP) is 2.56. The highest BCUT2D eigenvalue weighted by Gasteiger charge is 2.29. The molecule has 2 atom stereocenters. The maximum absolute atomic E-state index is 12.6. The van der Waals surface area contributed by atoms with Gasteiger partial charge in [-0.05, 0) is 54.0 Å². The Labute approximate surface area is 182 Å². The molecular weight excluding hydrogens is 426 g/mol. The minimum Gasteiger partial charge on any atom is -0.465 e. The van der Waals surface area contributed by atoms with Crippen LogP contribution in [0.2, 0.25) is 0 Å². The number of hydrogen-bond acceptors (Lipinski definition) is 9. The van der Waals surface area contributed by atoms with Crippen LogP contribution in [-0.4, -0.2) is 57.7 Å². The maximum atomic E-state index is 12.6. The third-order valence-corrected chi connectivity index (χ3v) is 7.51. The average Bonchev–Trinajstić information content (AvgIpc) is 3.46. The van der Waals surface area contributed by atoms with E-state index in [2.05, 4.69) is 27.8 Å². The lowest BCUT2D eigenvalue weighted by atomic mass is 9.88. The molecular formula is C19H25N5O4S2. The number of carbonyl (C=O) groups excluding carboxylic acids is 2. The second kappa shape index (κ2) is 9.44. The quantitative estimate of drug-likeness (QED) is 0.505. The Morgan fingerprint density at radius 1 is 1.40 bits per heavy atom. The Morgan fingerprint density at radius 2 is 2.27 bits per heavy atom. The van der Waals surface area contributed by atoms with Gasteiger partial charge in [0.05, 0.1) is 31.1 Å². The van der Waals surface area contributed by atoms with Gasteiger partial charge in [0.15, 0.2) is 0 Å². The van der Waals surface area contributed by atoms with Crippen LogP contribution in [0.1, 0.15) is 47.0 Å². The van der Waals surface area contributed by atoms with Crippen LogP contribution in [0.15, 0.2) is 5.16 Å². The minimum atomic E-state index is -0.398. The summed E-state index contributed by atoms with van der Waals surface area (Å²) in [4.78, 5) is 26.2. The molecule has 162 valence electrons. The van der Waals surface area contributed by atoms with Crippen LogP contribution in [0.25, 0.3) is 0 Å². The third kappa shape index (κ3) is 4.68. The van der Waals surface area contributed by atoms with E-state index in [1.165, 1.54) is 30.2 Å². The SMILES string of the molecule is COC(=O)c1c(NC(=O)CSc2nnnn2CC2CCCO2)sc2c1CCC(C)C2. The molecule has 3 heterocycles. The summed E-state index contributed by atoms with van der Waals surface area (Å²) in [5.41, 5.74) is 1.53. The van der Waals surface area contributed by atoms with E-state index in [0.29, 0.717) is 28.2 Å². The van der Waals surface area contributed by atoms with E-state index < -0.39 is 5.97 Å². The van der Waals surface area contributed by atoms with Gasteiger partial charge in [-0.1, -0.05) is 18.7 Å². The van der Waals surface area contributed by atoms with E-state index in [-0.39, 0.29) is 17.8 Å². The lowest BCUT2D eigenvalue weighted by Gasteiger charge is -2.18.